The van der Waals surface area contributed by atoms with Gasteiger partial charge in [-0.05, 0) is 42.0 Å². The van der Waals surface area contributed by atoms with Crippen LogP contribution in [0.15, 0.2) is 65.9 Å². The maximum Gasteiger partial charge on any atom is 0.281 e. The van der Waals surface area contributed by atoms with E-state index in [2.05, 4.69) is 36.1 Å². The zero-order chi connectivity index (χ0) is 24.1. The van der Waals surface area contributed by atoms with Crippen molar-refractivity contribution in [2.24, 2.45) is 0 Å². The number of nitrogens with one attached hydrogen (secondary N) is 1. The smallest absolute Gasteiger partial charge is 0.281 e. The van der Waals surface area contributed by atoms with Crippen molar-refractivity contribution in [2.45, 2.75) is 51.2 Å². The van der Waals surface area contributed by atoms with Gasteiger partial charge in [-0.15, -0.1) is 0 Å². The van der Waals surface area contributed by atoms with Crippen LogP contribution in [-0.4, -0.2) is 41.0 Å². The van der Waals surface area contributed by atoms with Gasteiger partial charge in [0.2, 0.25) is 5.91 Å². The Morgan fingerprint density at radius 3 is 2.59 bits per heavy atom. The first-order chi connectivity index (χ1) is 16.3. The molecular weight excluding hydrogens is 432 g/mol. The van der Waals surface area contributed by atoms with Gasteiger partial charge in [0, 0.05) is 36.8 Å². The molecule has 4 rings (SSSR count). The standard InChI is InChI=1S/C26H30N4O4/c1-26(2,3)19-8-10-20(11-9-19)30(25(32)22-16-33-17-29-22)23(18-6-4-12-27-14-18)24(31)28-15-21-7-5-13-34-21/h4,6,8-12,14,16-17,21,23H,5,7,13,15H2,1-3H3,(H,28,31). The quantitative estimate of drug-likeness (QED) is 0.569. The molecule has 34 heavy (non-hydrogen) atoms. The largest absolute Gasteiger partial charge is 0.451 e. The summed E-state index contributed by atoms with van der Waals surface area (Å²) in [5.74, 6) is -0.765. The predicted octanol–water partition coefficient (Wildman–Crippen LogP) is 4.05. The first-order valence-corrected chi connectivity index (χ1v) is 11.5. The Labute approximate surface area is 199 Å². The van der Waals surface area contributed by atoms with Gasteiger partial charge in [0.15, 0.2) is 12.1 Å². The number of pyridine rings is 1. The van der Waals surface area contributed by atoms with Crippen molar-refractivity contribution in [3.63, 3.8) is 0 Å². The molecular formula is C26H30N4O4. The van der Waals surface area contributed by atoms with Crippen molar-refractivity contribution in [1.82, 2.24) is 15.3 Å². The second-order valence-electron chi connectivity index (χ2n) is 9.41. The first kappa shape index (κ1) is 23.6. The van der Waals surface area contributed by atoms with Crippen molar-refractivity contribution in [3.8, 4) is 0 Å². The Balaban J connectivity index is 1.74. The number of hydrogen-bond acceptors (Lipinski definition) is 6. The summed E-state index contributed by atoms with van der Waals surface area (Å²) in [5, 5.41) is 2.98. The summed E-state index contributed by atoms with van der Waals surface area (Å²) >= 11 is 0. The number of carbonyl (C=O) groups is 2. The van der Waals surface area contributed by atoms with E-state index < -0.39 is 11.9 Å². The Morgan fingerprint density at radius 1 is 1.21 bits per heavy atom. The predicted molar refractivity (Wildman–Crippen MR) is 127 cm³/mol. The van der Waals surface area contributed by atoms with Gasteiger partial charge < -0.3 is 14.5 Å². The van der Waals surface area contributed by atoms with Crippen molar-refractivity contribution in [3.05, 3.63) is 78.3 Å². The van der Waals surface area contributed by atoms with E-state index in [1.807, 2.05) is 24.3 Å². The number of anilines is 1. The van der Waals surface area contributed by atoms with Crippen molar-refractivity contribution < 1.29 is 18.7 Å². The van der Waals surface area contributed by atoms with Gasteiger partial charge in [-0.25, -0.2) is 4.98 Å². The van der Waals surface area contributed by atoms with Crippen LogP contribution in [0.3, 0.4) is 0 Å². The Kier molecular flexibility index (Phi) is 7.07. The molecule has 1 N–H and O–H groups in total. The van der Waals surface area contributed by atoms with Gasteiger partial charge in [-0.2, -0.15) is 0 Å². The fourth-order valence-electron chi connectivity index (χ4n) is 4.02. The minimum atomic E-state index is -0.959. The first-order valence-electron chi connectivity index (χ1n) is 11.5. The number of nitrogens with zero attached hydrogens (tertiary/aromatic N) is 3. The monoisotopic (exact) mass is 462 g/mol. The molecule has 3 heterocycles. The van der Waals surface area contributed by atoms with Crippen molar-refractivity contribution >= 4 is 17.5 Å². The molecule has 2 amide bonds. The Hall–Kier alpha value is -3.52. The number of amides is 2. The molecule has 0 radical (unpaired) electrons. The van der Waals surface area contributed by atoms with Crippen LogP contribution in [0.2, 0.25) is 0 Å². The van der Waals surface area contributed by atoms with E-state index in [0.29, 0.717) is 24.4 Å². The normalized spacial score (nSPS) is 16.7. The molecule has 2 atom stereocenters. The number of rotatable bonds is 7. The summed E-state index contributed by atoms with van der Waals surface area (Å²) in [6, 6.07) is 10.2. The van der Waals surface area contributed by atoms with Gasteiger partial charge >= 0.3 is 0 Å². The van der Waals surface area contributed by atoms with E-state index in [-0.39, 0.29) is 23.1 Å². The lowest BCUT2D eigenvalue weighted by Crippen LogP contribution is -2.45. The molecule has 1 aliphatic rings. The zero-order valence-electron chi connectivity index (χ0n) is 19.7. The molecule has 8 heteroatoms. The minimum absolute atomic E-state index is 0.0238. The van der Waals surface area contributed by atoms with Crippen molar-refractivity contribution in [2.75, 3.05) is 18.1 Å². The number of ether oxygens (including phenoxy) is 1. The van der Waals surface area contributed by atoms with E-state index in [1.54, 1.807) is 24.5 Å². The summed E-state index contributed by atoms with van der Waals surface area (Å²) < 4.78 is 10.7. The molecule has 3 aromatic rings. The Bertz CT molecular complexity index is 1090. The lowest BCUT2D eigenvalue weighted by atomic mass is 9.87. The van der Waals surface area contributed by atoms with Crippen LogP contribution in [0.1, 0.15) is 61.3 Å². The van der Waals surface area contributed by atoms with Crippen LogP contribution in [-0.2, 0) is 14.9 Å². The highest BCUT2D eigenvalue weighted by Gasteiger charge is 2.35. The fraction of sp³-hybridized carbons (Fsp3) is 0.385. The minimum Gasteiger partial charge on any atom is -0.451 e. The highest BCUT2D eigenvalue weighted by atomic mass is 16.5. The molecule has 2 unspecified atom stereocenters. The van der Waals surface area contributed by atoms with Crippen LogP contribution in [0.25, 0.3) is 0 Å². The number of carbonyl (C=O) groups excluding carboxylic acids is 2. The fourth-order valence-corrected chi connectivity index (χ4v) is 4.02. The van der Waals surface area contributed by atoms with Gasteiger partial charge in [0.05, 0.1) is 6.10 Å². The highest BCUT2D eigenvalue weighted by molar-refractivity contribution is 6.09. The molecule has 0 bridgehead atoms. The van der Waals surface area contributed by atoms with E-state index in [1.165, 1.54) is 17.6 Å². The lowest BCUT2D eigenvalue weighted by Gasteiger charge is -2.31. The number of aromatic nitrogens is 2. The van der Waals surface area contributed by atoms with E-state index in [9.17, 15) is 9.59 Å². The number of benzene rings is 1. The molecule has 0 aliphatic carbocycles. The third kappa shape index (κ3) is 5.34. The van der Waals surface area contributed by atoms with E-state index >= 15 is 0 Å². The highest BCUT2D eigenvalue weighted by Crippen LogP contribution is 2.31. The summed E-state index contributed by atoms with van der Waals surface area (Å²) in [6.07, 6.45) is 7.56. The average Bonchev–Trinajstić information content (AvgIpc) is 3.55. The maximum absolute atomic E-state index is 13.6. The van der Waals surface area contributed by atoms with Gasteiger partial charge in [-0.1, -0.05) is 39.0 Å². The number of oxazole rings is 1. The van der Waals surface area contributed by atoms with Crippen molar-refractivity contribution in [1.29, 1.82) is 0 Å². The molecule has 1 aliphatic heterocycles. The number of hydrogen-bond donors (Lipinski definition) is 1. The second-order valence-corrected chi connectivity index (χ2v) is 9.41. The summed E-state index contributed by atoms with van der Waals surface area (Å²) in [4.78, 5) is 36.9. The third-order valence-electron chi connectivity index (χ3n) is 5.92. The molecule has 1 aromatic carbocycles. The van der Waals surface area contributed by atoms with E-state index in [0.717, 1.165) is 18.4 Å². The van der Waals surface area contributed by atoms with Crippen LogP contribution in [0, 0.1) is 0 Å². The third-order valence-corrected chi connectivity index (χ3v) is 5.92. The summed E-state index contributed by atoms with van der Waals surface area (Å²) in [7, 11) is 0. The molecule has 1 fully saturated rings. The molecule has 178 valence electrons. The molecule has 1 saturated heterocycles. The summed E-state index contributed by atoms with van der Waals surface area (Å²) in [5.41, 5.74) is 2.33. The van der Waals surface area contributed by atoms with Crippen LogP contribution in [0.5, 0.6) is 0 Å². The van der Waals surface area contributed by atoms with Gasteiger partial charge in [0.25, 0.3) is 5.91 Å². The molecule has 0 spiro atoms. The zero-order valence-corrected chi connectivity index (χ0v) is 19.7. The maximum atomic E-state index is 13.6. The second kappa shape index (κ2) is 10.2. The van der Waals surface area contributed by atoms with E-state index in [4.69, 9.17) is 9.15 Å². The average molecular weight is 463 g/mol. The van der Waals surface area contributed by atoms with Gasteiger partial charge in [0.1, 0.15) is 12.3 Å². The van der Waals surface area contributed by atoms with Crippen LogP contribution in [0.4, 0.5) is 5.69 Å². The lowest BCUT2D eigenvalue weighted by molar-refractivity contribution is -0.123. The van der Waals surface area contributed by atoms with Crippen LogP contribution >= 0.6 is 0 Å². The van der Waals surface area contributed by atoms with Gasteiger partial charge in [-0.3, -0.25) is 19.5 Å². The molecule has 8 nitrogen and oxygen atoms in total. The summed E-state index contributed by atoms with van der Waals surface area (Å²) in [6.45, 7) is 7.44. The Morgan fingerprint density at radius 2 is 2.00 bits per heavy atom. The molecule has 2 aromatic heterocycles. The van der Waals surface area contributed by atoms with Crippen LogP contribution < -0.4 is 10.2 Å². The SMILES string of the molecule is CC(C)(C)c1ccc(N(C(=O)c2cocn2)C(C(=O)NCC2CCCO2)c2cccnc2)cc1. The molecule has 0 saturated carbocycles. The topological polar surface area (TPSA) is 97.6 Å².